The summed E-state index contributed by atoms with van der Waals surface area (Å²) in [6.45, 7) is 0. The number of aromatic amines is 1. The smallest absolute Gasteiger partial charge is 0.200 e. The van der Waals surface area contributed by atoms with Crippen LogP contribution in [0, 0.1) is 0 Å². The van der Waals surface area contributed by atoms with E-state index in [0.29, 0.717) is 34.0 Å². The number of nitrogens with two attached hydrogens (primary N) is 1. The molecule has 5 heteroatoms. The molecular weight excluding hydrogens is 268 g/mol. The molecule has 1 aromatic heterocycles. The Labute approximate surface area is 120 Å². The Bertz CT molecular complexity index is 848. The minimum atomic E-state index is -0.197. The number of ketones is 1. The van der Waals surface area contributed by atoms with E-state index < -0.39 is 0 Å². The highest BCUT2D eigenvalue weighted by Gasteiger charge is 2.14. The zero-order valence-corrected chi connectivity index (χ0v) is 11.0. The number of anilines is 1. The van der Waals surface area contributed by atoms with Crippen LogP contribution < -0.4 is 5.73 Å². The number of rotatable bonds is 3. The van der Waals surface area contributed by atoms with Crippen LogP contribution >= 0.6 is 0 Å². The van der Waals surface area contributed by atoms with Gasteiger partial charge in [-0.3, -0.25) is 9.59 Å². The molecule has 5 nitrogen and oxygen atoms in total. The normalized spacial score (nSPS) is 10.7. The van der Waals surface area contributed by atoms with Crippen LogP contribution in [-0.4, -0.2) is 22.2 Å². The molecule has 2 aromatic carbocycles. The molecule has 0 aliphatic carbocycles. The average Bonchev–Trinajstić information content (AvgIpc) is 2.81. The maximum Gasteiger partial charge on any atom is 0.200 e. The third-order valence-electron chi connectivity index (χ3n) is 3.37. The molecule has 0 bridgehead atoms. The molecule has 0 atom stereocenters. The van der Waals surface area contributed by atoms with Gasteiger partial charge < -0.3 is 15.8 Å². The quantitative estimate of drug-likeness (QED) is 0.390. The Morgan fingerprint density at radius 3 is 2.43 bits per heavy atom. The van der Waals surface area contributed by atoms with Crippen LogP contribution in [0.2, 0.25) is 0 Å². The molecule has 21 heavy (non-hydrogen) atoms. The second kappa shape index (κ2) is 4.79. The molecule has 0 saturated heterocycles. The van der Waals surface area contributed by atoms with E-state index in [1.807, 2.05) is 0 Å². The Hall–Kier alpha value is -3.08. The Balaban J connectivity index is 2.07. The Kier molecular flexibility index (Phi) is 2.95. The summed E-state index contributed by atoms with van der Waals surface area (Å²) in [6, 6.07) is 11.5. The summed E-state index contributed by atoms with van der Waals surface area (Å²) in [6.07, 6.45) is 0.579. The van der Waals surface area contributed by atoms with E-state index in [-0.39, 0.29) is 17.2 Å². The molecular formula is C16H12N2O3. The largest absolute Gasteiger partial charge is 0.494 e. The van der Waals surface area contributed by atoms with E-state index in [1.54, 1.807) is 42.5 Å². The van der Waals surface area contributed by atoms with Gasteiger partial charge in [0.15, 0.2) is 17.9 Å². The van der Waals surface area contributed by atoms with Gasteiger partial charge in [-0.05, 0) is 30.3 Å². The van der Waals surface area contributed by atoms with E-state index in [0.717, 1.165) is 0 Å². The summed E-state index contributed by atoms with van der Waals surface area (Å²) in [4.78, 5) is 26.0. The van der Waals surface area contributed by atoms with Crippen molar-refractivity contribution in [2.45, 2.75) is 0 Å². The summed E-state index contributed by atoms with van der Waals surface area (Å²) >= 11 is 0. The van der Waals surface area contributed by atoms with E-state index in [1.165, 1.54) is 0 Å². The number of nitrogens with one attached hydrogen (secondary N) is 1. The van der Waals surface area contributed by atoms with Crippen LogP contribution in [0.25, 0.3) is 10.9 Å². The van der Waals surface area contributed by atoms with Gasteiger partial charge in [0.1, 0.15) is 0 Å². The maximum absolute atomic E-state index is 12.4. The number of hydrogen-bond acceptors (Lipinski definition) is 4. The van der Waals surface area contributed by atoms with Gasteiger partial charge in [0.25, 0.3) is 0 Å². The number of aldehydes is 1. The molecule has 0 spiro atoms. The third kappa shape index (κ3) is 2.14. The van der Waals surface area contributed by atoms with E-state index in [4.69, 9.17) is 5.73 Å². The third-order valence-corrected chi connectivity index (χ3v) is 3.37. The van der Waals surface area contributed by atoms with Gasteiger partial charge >= 0.3 is 0 Å². The average molecular weight is 280 g/mol. The molecule has 3 aromatic rings. The van der Waals surface area contributed by atoms with Gasteiger partial charge in [-0.15, -0.1) is 0 Å². The molecule has 0 amide bonds. The first-order chi connectivity index (χ1) is 10.1. The van der Waals surface area contributed by atoms with Crippen molar-refractivity contribution in [2.75, 3.05) is 5.73 Å². The van der Waals surface area contributed by atoms with Crippen molar-refractivity contribution >= 4 is 28.7 Å². The van der Waals surface area contributed by atoms with Crippen LogP contribution in [0.1, 0.15) is 26.3 Å². The number of nitrogen functional groups attached to an aromatic ring is 1. The molecule has 0 aliphatic heterocycles. The molecule has 0 unspecified atom stereocenters. The lowest BCUT2D eigenvalue weighted by Gasteiger charge is -2.02. The van der Waals surface area contributed by atoms with Crippen LogP contribution in [-0.2, 0) is 0 Å². The van der Waals surface area contributed by atoms with Gasteiger partial charge in [-0.1, -0.05) is 12.1 Å². The minimum absolute atomic E-state index is 0.154. The fraction of sp³-hybridized carbons (Fsp3) is 0. The first-order valence-corrected chi connectivity index (χ1v) is 6.30. The highest BCUT2D eigenvalue weighted by molar-refractivity contribution is 6.11. The number of benzene rings is 2. The van der Waals surface area contributed by atoms with Crippen molar-refractivity contribution in [1.29, 1.82) is 0 Å². The zero-order chi connectivity index (χ0) is 15.0. The van der Waals surface area contributed by atoms with Gasteiger partial charge in [0.05, 0.1) is 5.56 Å². The predicted molar refractivity (Wildman–Crippen MR) is 79.6 cm³/mol. The highest BCUT2D eigenvalue weighted by Crippen LogP contribution is 2.27. The summed E-state index contributed by atoms with van der Waals surface area (Å²) < 4.78 is 0. The van der Waals surface area contributed by atoms with Crippen molar-refractivity contribution in [1.82, 2.24) is 4.98 Å². The lowest BCUT2D eigenvalue weighted by molar-refractivity contribution is 0.103. The van der Waals surface area contributed by atoms with E-state index >= 15 is 0 Å². The maximum atomic E-state index is 12.4. The summed E-state index contributed by atoms with van der Waals surface area (Å²) in [5.74, 6) is -0.351. The fourth-order valence-corrected chi connectivity index (χ4v) is 2.27. The number of aromatic hydroxyl groups is 1. The first-order valence-electron chi connectivity index (χ1n) is 6.30. The topological polar surface area (TPSA) is 96.2 Å². The number of aromatic nitrogens is 1. The number of carbonyl (C=O) groups excluding carboxylic acids is 2. The lowest BCUT2D eigenvalue weighted by atomic mass is 10.0. The van der Waals surface area contributed by atoms with Gasteiger partial charge in [-0.2, -0.15) is 0 Å². The van der Waals surface area contributed by atoms with Crippen molar-refractivity contribution in [3.63, 3.8) is 0 Å². The van der Waals surface area contributed by atoms with Crippen LogP contribution in [0.15, 0.2) is 42.5 Å². The molecule has 0 saturated carbocycles. The van der Waals surface area contributed by atoms with Crippen LogP contribution in [0.4, 0.5) is 5.69 Å². The number of hydrogen-bond donors (Lipinski definition) is 3. The molecule has 4 N–H and O–H groups in total. The molecule has 0 fully saturated rings. The Morgan fingerprint density at radius 2 is 1.76 bits per heavy atom. The second-order valence-corrected chi connectivity index (χ2v) is 4.72. The van der Waals surface area contributed by atoms with Crippen molar-refractivity contribution in [2.24, 2.45) is 0 Å². The molecule has 3 rings (SSSR count). The molecule has 0 radical (unpaired) electrons. The predicted octanol–water partition coefficient (Wildman–Crippen LogP) is 2.50. The minimum Gasteiger partial charge on any atom is -0.494 e. The molecule has 104 valence electrons. The van der Waals surface area contributed by atoms with Gasteiger partial charge in [-0.25, -0.2) is 0 Å². The first kappa shape index (κ1) is 12.9. The second-order valence-electron chi connectivity index (χ2n) is 4.72. The molecule has 0 aliphatic rings. The van der Waals surface area contributed by atoms with Crippen molar-refractivity contribution in [3.05, 3.63) is 59.2 Å². The van der Waals surface area contributed by atoms with Crippen LogP contribution in [0.5, 0.6) is 5.88 Å². The molecule has 1 heterocycles. The van der Waals surface area contributed by atoms with Crippen molar-refractivity contribution < 1.29 is 14.7 Å². The number of H-pyrrole nitrogens is 1. The summed E-state index contributed by atoms with van der Waals surface area (Å²) in [7, 11) is 0. The Morgan fingerprint density at radius 1 is 1.10 bits per heavy atom. The SMILES string of the molecule is Nc1ccc(C(=O)c2ccc3c(C=O)c(O)[nH]c3c2)cc1. The fourth-order valence-electron chi connectivity index (χ4n) is 2.27. The van der Waals surface area contributed by atoms with Crippen molar-refractivity contribution in [3.8, 4) is 5.88 Å². The lowest BCUT2D eigenvalue weighted by Crippen LogP contribution is -2.01. The van der Waals surface area contributed by atoms with Crippen LogP contribution in [0.3, 0.4) is 0 Å². The monoisotopic (exact) mass is 280 g/mol. The van der Waals surface area contributed by atoms with Gasteiger partial charge in [0, 0.05) is 27.7 Å². The zero-order valence-electron chi connectivity index (χ0n) is 11.0. The van der Waals surface area contributed by atoms with E-state index in [9.17, 15) is 14.7 Å². The van der Waals surface area contributed by atoms with E-state index in [2.05, 4.69) is 4.98 Å². The number of carbonyl (C=O) groups is 2. The summed E-state index contributed by atoms with van der Waals surface area (Å²) in [5, 5.41) is 10.2. The standard InChI is InChI=1S/C16H12N2O3/c17-11-4-1-9(2-5-11)15(20)10-3-6-12-13(8-19)16(21)18-14(12)7-10/h1-8,18,21H,17H2. The van der Waals surface area contributed by atoms with Gasteiger partial charge in [0.2, 0.25) is 0 Å². The summed E-state index contributed by atoms with van der Waals surface area (Å²) in [5.41, 5.74) is 7.90. The number of fused-ring (bicyclic) bond motifs is 1. The highest BCUT2D eigenvalue weighted by atomic mass is 16.3.